The standard InChI is InChI=1S/C7H10O/c1-2-3-4-5-7-6-8-7/h7H,2-3,6H2,1H3/t7-/m1/s1. The van der Waals surface area contributed by atoms with E-state index < -0.39 is 0 Å². The molecule has 0 aliphatic carbocycles. The van der Waals surface area contributed by atoms with Gasteiger partial charge in [-0.25, -0.2) is 0 Å². The summed E-state index contributed by atoms with van der Waals surface area (Å²) in [5.41, 5.74) is 0. The summed E-state index contributed by atoms with van der Waals surface area (Å²) in [5, 5.41) is 0. The second-order valence-corrected chi connectivity index (χ2v) is 1.89. The van der Waals surface area contributed by atoms with Crippen molar-refractivity contribution in [2.45, 2.75) is 25.9 Å². The molecule has 1 saturated heterocycles. The molecule has 0 aromatic carbocycles. The second-order valence-electron chi connectivity index (χ2n) is 1.89. The Hall–Kier alpha value is -0.480. The molecule has 1 aliphatic rings. The Morgan fingerprint density at radius 1 is 1.75 bits per heavy atom. The molecule has 1 fully saturated rings. The minimum absolute atomic E-state index is 0.293. The molecule has 1 atom stereocenters. The van der Waals surface area contributed by atoms with Crippen LogP contribution in [0.2, 0.25) is 0 Å². The van der Waals surface area contributed by atoms with Crippen LogP contribution in [-0.2, 0) is 4.74 Å². The highest BCUT2D eigenvalue weighted by Crippen LogP contribution is 2.05. The van der Waals surface area contributed by atoms with Crippen LogP contribution in [0.3, 0.4) is 0 Å². The molecule has 0 unspecified atom stereocenters. The number of epoxide rings is 1. The molecule has 44 valence electrons. The van der Waals surface area contributed by atoms with Gasteiger partial charge in [0, 0.05) is 6.42 Å². The van der Waals surface area contributed by atoms with E-state index in [1.165, 1.54) is 0 Å². The zero-order valence-corrected chi connectivity index (χ0v) is 5.11. The van der Waals surface area contributed by atoms with Crippen LogP contribution in [-0.4, -0.2) is 12.7 Å². The van der Waals surface area contributed by atoms with Crippen LogP contribution >= 0.6 is 0 Å². The molecule has 0 amide bonds. The summed E-state index contributed by atoms with van der Waals surface area (Å²) in [6, 6.07) is 0. The minimum atomic E-state index is 0.293. The van der Waals surface area contributed by atoms with E-state index >= 15 is 0 Å². The number of hydrogen-bond acceptors (Lipinski definition) is 1. The third kappa shape index (κ3) is 1.99. The highest BCUT2D eigenvalue weighted by molar-refractivity contribution is 5.09. The molecule has 0 aromatic rings. The summed E-state index contributed by atoms with van der Waals surface area (Å²) < 4.78 is 4.88. The van der Waals surface area contributed by atoms with Crippen LogP contribution < -0.4 is 0 Å². The minimum Gasteiger partial charge on any atom is -0.359 e. The first kappa shape index (κ1) is 5.65. The predicted octanol–water partition coefficient (Wildman–Crippen LogP) is 1.19. The Kier molecular flexibility index (Phi) is 1.93. The molecular formula is C7H10O. The maximum Gasteiger partial charge on any atom is 0.141 e. The van der Waals surface area contributed by atoms with Gasteiger partial charge in [-0.15, -0.1) is 5.92 Å². The summed E-state index contributed by atoms with van der Waals surface area (Å²) in [6.45, 7) is 2.99. The van der Waals surface area contributed by atoms with Gasteiger partial charge in [-0.1, -0.05) is 12.8 Å². The Bertz CT molecular complexity index is 114. The molecule has 0 N–H and O–H groups in total. The van der Waals surface area contributed by atoms with Crippen LogP contribution in [0.25, 0.3) is 0 Å². The van der Waals surface area contributed by atoms with Crippen LogP contribution in [0, 0.1) is 11.8 Å². The normalized spacial score (nSPS) is 23.9. The highest BCUT2D eigenvalue weighted by Gasteiger charge is 2.18. The first-order chi connectivity index (χ1) is 3.93. The average molecular weight is 110 g/mol. The maximum atomic E-state index is 4.88. The predicted molar refractivity (Wildman–Crippen MR) is 32.4 cm³/mol. The summed E-state index contributed by atoms with van der Waals surface area (Å²) in [6.07, 6.45) is 2.46. The van der Waals surface area contributed by atoms with Crippen molar-refractivity contribution in [3.63, 3.8) is 0 Å². The van der Waals surface area contributed by atoms with Crippen LogP contribution in [0.5, 0.6) is 0 Å². The van der Waals surface area contributed by atoms with E-state index in [9.17, 15) is 0 Å². The molecule has 0 bridgehead atoms. The third-order valence-electron chi connectivity index (χ3n) is 0.971. The van der Waals surface area contributed by atoms with E-state index in [4.69, 9.17) is 4.74 Å². The SMILES string of the molecule is CCCC#C[C@@H]1CO1. The number of hydrogen-bond donors (Lipinski definition) is 0. The van der Waals surface area contributed by atoms with Crippen molar-refractivity contribution in [1.29, 1.82) is 0 Å². The summed E-state index contributed by atoms with van der Waals surface area (Å²) in [7, 11) is 0. The fourth-order valence-electron chi connectivity index (χ4n) is 0.442. The van der Waals surface area contributed by atoms with Gasteiger partial charge < -0.3 is 4.74 Å². The van der Waals surface area contributed by atoms with Crippen LogP contribution in [0.4, 0.5) is 0 Å². The molecule has 0 radical (unpaired) electrons. The van der Waals surface area contributed by atoms with E-state index in [-0.39, 0.29) is 0 Å². The van der Waals surface area contributed by atoms with Crippen molar-refractivity contribution in [2.24, 2.45) is 0 Å². The Balaban J connectivity index is 2.05. The Morgan fingerprint density at radius 2 is 2.50 bits per heavy atom. The Labute approximate surface area is 50.0 Å². The van der Waals surface area contributed by atoms with Gasteiger partial charge in [0.15, 0.2) is 0 Å². The van der Waals surface area contributed by atoms with Crippen molar-refractivity contribution in [3.8, 4) is 11.8 Å². The van der Waals surface area contributed by atoms with E-state index in [2.05, 4.69) is 18.8 Å². The average Bonchev–Trinajstić information content (AvgIpc) is 2.51. The van der Waals surface area contributed by atoms with Gasteiger partial charge in [0.25, 0.3) is 0 Å². The van der Waals surface area contributed by atoms with E-state index in [0.29, 0.717) is 6.10 Å². The zero-order valence-electron chi connectivity index (χ0n) is 5.11. The van der Waals surface area contributed by atoms with Gasteiger partial charge in [-0.2, -0.15) is 0 Å². The molecule has 0 saturated carbocycles. The van der Waals surface area contributed by atoms with Gasteiger partial charge in [-0.3, -0.25) is 0 Å². The zero-order chi connectivity index (χ0) is 5.82. The summed E-state index contributed by atoms with van der Waals surface area (Å²) in [4.78, 5) is 0. The highest BCUT2D eigenvalue weighted by atomic mass is 16.6. The van der Waals surface area contributed by atoms with E-state index in [1.807, 2.05) is 0 Å². The van der Waals surface area contributed by atoms with Crippen molar-refractivity contribution >= 4 is 0 Å². The summed E-state index contributed by atoms with van der Waals surface area (Å²) in [5.74, 6) is 6.01. The van der Waals surface area contributed by atoms with Gasteiger partial charge >= 0.3 is 0 Å². The van der Waals surface area contributed by atoms with Gasteiger partial charge in [0.05, 0.1) is 6.61 Å². The monoisotopic (exact) mass is 110 g/mol. The fraction of sp³-hybridized carbons (Fsp3) is 0.714. The molecule has 1 aliphatic heterocycles. The van der Waals surface area contributed by atoms with Gasteiger partial charge in [0.2, 0.25) is 0 Å². The first-order valence-electron chi connectivity index (χ1n) is 3.03. The second kappa shape index (κ2) is 2.74. The van der Waals surface area contributed by atoms with Crippen molar-refractivity contribution < 1.29 is 4.74 Å². The largest absolute Gasteiger partial charge is 0.359 e. The molecule has 1 rings (SSSR count). The third-order valence-corrected chi connectivity index (χ3v) is 0.971. The van der Waals surface area contributed by atoms with Crippen LogP contribution in [0.1, 0.15) is 19.8 Å². The molecular weight excluding hydrogens is 100 g/mol. The number of unbranched alkanes of at least 4 members (excludes halogenated alkanes) is 1. The molecule has 1 nitrogen and oxygen atoms in total. The molecule has 0 spiro atoms. The molecule has 1 heteroatoms. The molecule has 1 heterocycles. The van der Waals surface area contributed by atoms with Crippen molar-refractivity contribution in [1.82, 2.24) is 0 Å². The van der Waals surface area contributed by atoms with E-state index in [0.717, 1.165) is 19.4 Å². The molecule has 8 heavy (non-hydrogen) atoms. The lowest BCUT2D eigenvalue weighted by Gasteiger charge is -1.74. The maximum absolute atomic E-state index is 4.88. The van der Waals surface area contributed by atoms with Gasteiger partial charge in [-0.05, 0) is 6.42 Å². The lowest BCUT2D eigenvalue weighted by atomic mass is 10.3. The van der Waals surface area contributed by atoms with Gasteiger partial charge in [0.1, 0.15) is 6.10 Å². The fourth-order valence-corrected chi connectivity index (χ4v) is 0.442. The number of rotatable bonds is 1. The van der Waals surface area contributed by atoms with Crippen LogP contribution in [0.15, 0.2) is 0 Å². The lowest BCUT2D eigenvalue weighted by Crippen LogP contribution is -1.73. The Morgan fingerprint density at radius 3 is 3.00 bits per heavy atom. The summed E-state index contributed by atoms with van der Waals surface area (Å²) >= 11 is 0. The first-order valence-corrected chi connectivity index (χ1v) is 3.03. The quantitative estimate of drug-likeness (QED) is 0.365. The molecule has 0 aromatic heterocycles. The lowest BCUT2D eigenvalue weighted by molar-refractivity contribution is 0.445. The van der Waals surface area contributed by atoms with Crippen molar-refractivity contribution in [3.05, 3.63) is 0 Å². The number of ether oxygens (including phenoxy) is 1. The topological polar surface area (TPSA) is 12.5 Å². The smallest absolute Gasteiger partial charge is 0.141 e. The van der Waals surface area contributed by atoms with Crippen molar-refractivity contribution in [2.75, 3.05) is 6.61 Å². The van der Waals surface area contributed by atoms with E-state index in [1.54, 1.807) is 0 Å².